The third-order valence-corrected chi connectivity index (χ3v) is 7.53. The maximum atomic E-state index is 13.3. The van der Waals surface area contributed by atoms with Crippen LogP contribution in [0, 0.1) is 13.8 Å². The van der Waals surface area contributed by atoms with Gasteiger partial charge in [-0.2, -0.15) is 0 Å². The molecule has 6 rings (SSSR count). The minimum Gasteiger partial charge on any atom is -0.336 e. The zero-order valence-electron chi connectivity index (χ0n) is 21.8. The number of hydrogen-bond acceptors (Lipinski definition) is 8. The summed E-state index contributed by atoms with van der Waals surface area (Å²) in [5, 5.41) is 17.3. The lowest BCUT2D eigenvalue weighted by Crippen LogP contribution is -2.50. The van der Waals surface area contributed by atoms with E-state index in [0.29, 0.717) is 23.4 Å². The summed E-state index contributed by atoms with van der Waals surface area (Å²) in [5.41, 5.74) is 7.22. The van der Waals surface area contributed by atoms with E-state index in [9.17, 15) is 4.79 Å². The number of nitrogens with zero attached hydrogens (tertiary/aromatic N) is 7. The molecule has 2 aromatic carbocycles. The average Bonchev–Trinajstić information content (AvgIpc) is 3.58. The number of amides is 1. The maximum Gasteiger partial charge on any atom is 0.254 e. The van der Waals surface area contributed by atoms with Crippen molar-refractivity contribution in [2.45, 2.75) is 58.8 Å². The molecule has 2 aromatic heterocycles. The van der Waals surface area contributed by atoms with E-state index in [0.717, 1.165) is 49.4 Å². The third-order valence-electron chi connectivity index (χ3n) is 7.53. The van der Waals surface area contributed by atoms with Gasteiger partial charge in [0.1, 0.15) is 0 Å². The molecule has 1 fully saturated rings. The van der Waals surface area contributed by atoms with Crippen LogP contribution >= 0.6 is 0 Å². The molecule has 38 heavy (non-hydrogen) atoms. The number of fused-ring (bicyclic) bond motifs is 1. The number of aromatic nitrogens is 6. The van der Waals surface area contributed by atoms with Crippen molar-refractivity contribution >= 4 is 17.5 Å². The second-order valence-corrected chi connectivity index (χ2v) is 10.4. The van der Waals surface area contributed by atoms with E-state index in [2.05, 4.69) is 74.8 Å². The Labute approximate surface area is 221 Å². The molecule has 2 aliphatic heterocycles. The largest absolute Gasteiger partial charge is 0.336 e. The van der Waals surface area contributed by atoms with Crippen LogP contribution in [0.25, 0.3) is 11.4 Å². The number of carbonyl (C=O) groups is 1. The number of benzene rings is 2. The van der Waals surface area contributed by atoms with Crippen LogP contribution in [0.1, 0.15) is 52.5 Å². The van der Waals surface area contributed by atoms with Crippen molar-refractivity contribution in [3.63, 3.8) is 0 Å². The van der Waals surface area contributed by atoms with Crippen LogP contribution in [0.5, 0.6) is 0 Å². The Kier molecular flexibility index (Phi) is 6.32. The van der Waals surface area contributed by atoms with Gasteiger partial charge in [0.2, 0.25) is 5.95 Å². The van der Waals surface area contributed by atoms with E-state index in [1.165, 1.54) is 16.7 Å². The Morgan fingerprint density at radius 2 is 1.87 bits per heavy atom. The summed E-state index contributed by atoms with van der Waals surface area (Å²) in [6.45, 7) is 8.72. The van der Waals surface area contributed by atoms with Gasteiger partial charge in [0.05, 0.1) is 5.69 Å². The van der Waals surface area contributed by atoms with Crippen molar-refractivity contribution in [3.05, 3.63) is 76.6 Å². The predicted octanol–water partition coefficient (Wildman–Crippen LogP) is 4.03. The highest BCUT2D eigenvalue weighted by molar-refractivity contribution is 5.95. The lowest BCUT2D eigenvalue weighted by molar-refractivity contribution is 0.0460. The first kappa shape index (κ1) is 24.2. The van der Waals surface area contributed by atoms with Crippen molar-refractivity contribution in [1.82, 2.24) is 40.4 Å². The SMILES string of the molecule is Cc1cc(C)cc(Nc2ncc3c(n2)CN([C@@H]2CCN(C(=O)c4ccc(-c5nnn[nH]5)cc4)[C@H](C)C2)C3)c1. The number of aryl methyl sites for hydroxylation is 2. The highest BCUT2D eigenvalue weighted by Gasteiger charge is 2.35. The van der Waals surface area contributed by atoms with Crippen molar-refractivity contribution in [2.24, 2.45) is 0 Å². The first-order valence-electron chi connectivity index (χ1n) is 13.0. The van der Waals surface area contributed by atoms with Gasteiger partial charge in [0, 0.05) is 60.3 Å². The number of likely N-dealkylation sites (tertiary alicyclic amines) is 1. The van der Waals surface area contributed by atoms with E-state index < -0.39 is 0 Å². The van der Waals surface area contributed by atoms with Gasteiger partial charge < -0.3 is 10.2 Å². The first-order chi connectivity index (χ1) is 18.4. The minimum atomic E-state index is 0.0656. The summed E-state index contributed by atoms with van der Waals surface area (Å²) < 4.78 is 0. The Morgan fingerprint density at radius 1 is 1.08 bits per heavy atom. The molecule has 0 radical (unpaired) electrons. The van der Waals surface area contributed by atoms with E-state index in [1.807, 2.05) is 35.4 Å². The van der Waals surface area contributed by atoms with E-state index in [-0.39, 0.29) is 11.9 Å². The molecule has 0 aliphatic carbocycles. The highest BCUT2D eigenvalue weighted by atomic mass is 16.2. The van der Waals surface area contributed by atoms with Gasteiger partial charge >= 0.3 is 0 Å². The average molecular weight is 510 g/mol. The fourth-order valence-corrected chi connectivity index (χ4v) is 5.67. The molecular weight excluding hydrogens is 478 g/mol. The molecule has 10 heteroatoms. The summed E-state index contributed by atoms with van der Waals surface area (Å²) in [6.07, 6.45) is 3.82. The van der Waals surface area contributed by atoms with Crippen molar-refractivity contribution in [3.8, 4) is 11.4 Å². The number of rotatable bonds is 5. The molecular formula is C28H31N9O. The summed E-state index contributed by atoms with van der Waals surface area (Å²) in [4.78, 5) is 27.2. The summed E-state index contributed by atoms with van der Waals surface area (Å²) in [5.74, 6) is 1.29. The molecule has 4 aromatic rings. The molecule has 2 N–H and O–H groups in total. The normalized spacial score (nSPS) is 19.4. The third kappa shape index (κ3) is 4.87. The molecule has 0 saturated carbocycles. The van der Waals surface area contributed by atoms with Gasteiger partial charge in [0.15, 0.2) is 5.82 Å². The van der Waals surface area contributed by atoms with Crippen LogP contribution in [0.15, 0.2) is 48.7 Å². The fourth-order valence-electron chi connectivity index (χ4n) is 5.67. The van der Waals surface area contributed by atoms with Crippen LogP contribution in [0.4, 0.5) is 11.6 Å². The van der Waals surface area contributed by atoms with Crippen LogP contribution in [-0.4, -0.2) is 64.9 Å². The van der Waals surface area contributed by atoms with Gasteiger partial charge in [-0.15, -0.1) is 5.10 Å². The summed E-state index contributed by atoms with van der Waals surface area (Å²) in [6, 6.07) is 14.4. The molecule has 0 unspecified atom stereocenters. The molecule has 2 aliphatic rings. The van der Waals surface area contributed by atoms with Gasteiger partial charge in [-0.3, -0.25) is 9.69 Å². The summed E-state index contributed by atoms with van der Waals surface area (Å²) >= 11 is 0. The van der Waals surface area contributed by atoms with Crippen LogP contribution in [0.2, 0.25) is 0 Å². The topological polar surface area (TPSA) is 116 Å². The molecule has 1 saturated heterocycles. The number of tetrazole rings is 1. The highest BCUT2D eigenvalue weighted by Crippen LogP contribution is 2.31. The van der Waals surface area contributed by atoms with Gasteiger partial charge in [-0.05, 0) is 79.4 Å². The van der Waals surface area contributed by atoms with Crippen molar-refractivity contribution in [2.75, 3.05) is 11.9 Å². The van der Waals surface area contributed by atoms with Crippen LogP contribution < -0.4 is 5.32 Å². The van der Waals surface area contributed by atoms with Gasteiger partial charge in [-0.1, -0.05) is 18.2 Å². The lowest BCUT2D eigenvalue weighted by atomic mass is 9.96. The molecule has 0 bridgehead atoms. The standard InChI is InChI=1S/C28H31N9O/c1-17-10-18(2)12-23(11-17)30-28-29-14-22-15-36(16-25(22)31-28)24-8-9-37(19(3)13-24)27(38)21-6-4-20(5-7-21)26-32-34-35-33-26/h4-7,10-12,14,19,24H,8-9,13,15-16H2,1-3H3,(H,29,30,31)(H,32,33,34,35)/t19-,24-/m1/s1. The minimum absolute atomic E-state index is 0.0656. The van der Waals surface area contributed by atoms with Crippen molar-refractivity contribution in [1.29, 1.82) is 0 Å². The molecule has 10 nitrogen and oxygen atoms in total. The van der Waals surface area contributed by atoms with Crippen molar-refractivity contribution < 1.29 is 4.79 Å². The van der Waals surface area contributed by atoms with E-state index >= 15 is 0 Å². The number of carbonyl (C=O) groups excluding carboxylic acids is 1. The Balaban J connectivity index is 1.08. The van der Waals surface area contributed by atoms with Gasteiger partial charge in [-0.25, -0.2) is 15.1 Å². The monoisotopic (exact) mass is 509 g/mol. The number of aromatic amines is 1. The number of nitrogens with one attached hydrogen (secondary N) is 2. The Morgan fingerprint density at radius 3 is 2.58 bits per heavy atom. The zero-order valence-corrected chi connectivity index (χ0v) is 21.8. The second kappa shape index (κ2) is 9.94. The molecule has 194 valence electrons. The number of anilines is 2. The quantitative estimate of drug-likeness (QED) is 0.414. The second-order valence-electron chi connectivity index (χ2n) is 10.4. The number of hydrogen-bond donors (Lipinski definition) is 2. The summed E-state index contributed by atoms with van der Waals surface area (Å²) in [7, 11) is 0. The molecule has 1 amide bonds. The Bertz CT molecular complexity index is 1430. The smallest absolute Gasteiger partial charge is 0.254 e. The molecule has 0 spiro atoms. The first-order valence-corrected chi connectivity index (χ1v) is 13.0. The fraction of sp³-hybridized carbons (Fsp3) is 0.357. The van der Waals surface area contributed by atoms with Crippen LogP contribution in [0.3, 0.4) is 0 Å². The molecule has 4 heterocycles. The zero-order chi connectivity index (χ0) is 26.2. The maximum absolute atomic E-state index is 13.3. The van der Waals surface area contributed by atoms with E-state index in [4.69, 9.17) is 4.98 Å². The number of piperidine rings is 1. The van der Waals surface area contributed by atoms with Gasteiger partial charge in [0.25, 0.3) is 5.91 Å². The van der Waals surface area contributed by atoms with Crippen LogP contribution in [-0.2, 0) is 13.1 Å². The van der Waals surface area contributed by atoms with E-state index in [1.54, 1.807) is 0 Å². The number of H-pyrrole nitrogens is 1. The lowest BCUT2D eigenvalue weighted by Gasteiger charge is -2.41. The predicted molar refractivity (Wildman–Crippen MR) is 144 cm³/mol. The Hall–Kier alpha value is -4.18. The molecule has 2 atom stereocenters.